The van der Waals surface area contributed by atoms with Gasteiger partial charge in [0.05, 0.1) is 11.7 Å². The maximum absolute atomic E-state index is 12.8. The Hall–Kier alpha value is -1.97. The lowest BCUT2D eigenvalue weighted by Crippen LogP contribution is -2.05. The summed E-state index contributed by atoms with van der Waals surface area (Å²) in [4.78, 5) is 8.46. The molecule has 1 aliphatic heterocycles. The standard InChI is InChI=1S/C12H10FN3/c13-9-3-1-8(2-4-9)10-7-11-12(16-10)15-6-5-14-11/h1-6,10H,7H2,(H,15,16). The molecule has 1 aromatic heterocycles. The van der Waals surface area contributed by atoms with E-state index in [0.29, 0.717) is 0 Å². The van der Waals surface area contributed by atoms with Crippen LogP contribution in [-0.4, -0.2) is 9.97 Å². The number of halogens is 1. The largest absolute Gasteiger partial charge is 0.361 e. The van der Waals surface area contributed by atoms with Gasteiger partial charge in [0.15, 0.2) is 0 Å². The average molecular weight is 215 g/mol. The minimum atomic E-state index is -0.212. The third kappa shape index (κ3) is 1.52. The van der Waals surface area contributed by atoms with E-state index >= 15 is 0 Å². The van der Waals surface area contributed by atoms with Gasteiger partial charge in [-0.05, 0) is 17.7 Å². The molecule has 3 nitrogen and oxygen atoms in total. The number of nitrogens with zero attached hydrogens (tertiary/aromatic N) is 2. The molecule has 16 heavy (non-hydrogen) atoms. The van der Waals surface area contributed by atoms with Gasteiger partial charge in [-0.2, -0.15) is 0 Å². The number of aromatic nitrogens is 2. The smallest absolute Gasteiger partial charge is 0.148 e. The lowest BCUT2D eigenvalue weighted by atomic mass is 10.1. The van der Waals surface area contributed by atoms with Crippen molar-refractivity contribution in [1.29, 1.82) is 0 Å². The normalized spacial score (nSPS) is 17.9. The van der Waals surface area contributed by atoms with Crippen LogP contribution >= 0.6 is 0 Å². The Bertz CT molecular complexity index is 485. The molecule has 0 saturated heterocycles. The topological polar surface area (TPSA) is 37.8 Å². The molecule has 3 rings (SSSR count). The predicted octanol–water partition coefficient (Wildman–Crippen LogP) is 2.33. The van der Waals surface area contributed by atoms with Gasteiger partial charge in [-0.25, -0.2) is 9.37 Å². The van der Waals surface area contributed by atoms with Crippen molar-refractivity contribution in [3.63, 3.8) is 0 Å². The van der Waals surface area contributed by atoms with E-state index < -0.39 is 0 Å². The van der Waals surface area contributed by atoms with Crippen LogP contribution in [0.25, 0.3) is 0 Å². The van der Waals surface area contributed by atoms with Crippen molar-refractivity contribution in [3.8, 4) is 0 Å². The van der Waals surface area contributed by atoms with E-state index in [2.05, 4.69) is 15.3 Å². The zero-order valence-corrected chi connectivity index (χ0v) is 8.52. The van der Waals surface area contributed by atoms with Gasteiger partial charge in [0.25, 0.3) is 0 Å². The van der Waals surface area contributed by atoms with E-state index in [-0.39, 0.29) is 11.9 Å². The summed E-state index contributed by atoms with van der Waals surface area (Å²) in [6.07, 6.45) is 4.15. The second-order valence-electron chi connectivity index (χ2n) is 3.80. The van der Waals surface area contributed by atoms with Gasteiger partial charge >= 0.3 is 0 Å². The van der Waals surface area contributed by atoms with Crippen molar-refractivity contribution in [2.75, 3.05) is 5.32 Å². The van der Waals surface area contributed by atoms with Crippen molar-refractivity contribution >= 4 is 5.82 Å². The molecule has 0 aliphatic carbocycles. The van der Waals surface area contributed by atoms with E-state index in [9.17, 15) is 4.39 Å². The maximum atomic E-state index is 12.8. The molecule has 4 heteroatoms. The lowest BCUT2D eigenvalue weighted by molar-refractivity contribution is 0.626. The highest BCUT2D eigenvalue weighted by molar-refractivity contribution is 5.49. The fourth-order valence-electron chi connectivity index (χ4n) is 1.94. The summed E-state index contributed by atoms with van der Waals surface area (Å²) in [5.74, 6) is 0.618. The van der Waals surface area contributed by atoms with Crippen LogP contribution in [-0.2, 0) is 6.42 Å². The van der Waals surface area contributed by atoms with Crippen LogP contribution in [0.1, 0.15) is 17.3 Å². The Morgan fingerprint density at radius 2 is 1.88 bits per heavy atom. The first-order chi connectivity index (χ1) is 7.83. The fourth-order valence-corrected chi connectivity index (χ4v) is 1.94. The summed E-state index contributed by atoms with van der Waals surface area (Å²) >= 11 is 0. The quantitative estimate of drug-likeness (QED) is 0.793. The second kappa shape index (κ2) is 3.56. The van der Waals surface area contributed by atoms with Crippen molar-refractivity contribution in [2.45, 2.75) is 12.5 Å². The fraction of sp³-hybridized carbons (Fsp3) is 0.167. The molecule has 1 atom stereocenters. The summed E-state index contributed by atoms with van der Waals surface area (Å²) < 4.78 is 12.8. The van der Waals surface area contributed by atoms with Gasteiger partial charge in [-0.1, -0.05) is 12.1 Å². The maximum Gasteiger partial charge on any atom is 0.148 e. The summed E-state index contributed by atoms with van der Waals surface area (Å²) in [5, 5.41) is 3.27. The minimum absolute atomic E-state index is 0.151. The zero-order valence-electron chi connectivity index (χ0n) is 8.52. The van der Waals surface area contributed by atoms with Crippen molar-refractivity contribution in [1.82, 2.24) is 9.97 Å². The van der Waals surface area contributed by atoms with E-state index in [0.717, 1.165) is 23.5 Å². The number of rotatable bonds is 1. The Labute approximate surface area is 92.4 Å². The molecule has 80 valence electrons. The molecule has 0 spiro atoms. The lowest BCUT2D eigenvalue weighted by Gasteiger charge is -2.10. The van der Waals surface area contributed by atoms with E-state index in [1.54, 1.807) is 24.5 Å². The molecule has 1 aromatic carbocycles. The predicted molar refractivity (Wildman–Crippen MR) is 58.5 cm³/mol. The summed E-state index contributed by atoms with van der Waals surface area (Å²) in [6, 6.07) is 6.68. The van der Waals surface area contributed by atoms with Crippen LogP contribution in [0.3, 0.4) is 0 Å². The molecule has 0 saturated carbocycles. The number of nitrogens with one attached hydrogen (secondary N) is 1. The molecular formula is C12H10FN3. The molecular weight excluding hydrogens is 205 g/mol. The zero-order chi connectivity index (χ0) is 11.0. The van der Waals surface area contributed by atoms with Crippen molar-refractivity contribution in [2.24, 2.45) is 0 Å². The number of benzene rings is 1. The Balaban J connectivity index is 1.88. The molecule has 0 bridgehead atoms. The minimum Gasteiger partial charge on any atom is -0.361 e. The molecule has 0 fully saturated rings. The Morgan fingerprint density at radius 1 is 1.12 bits per heavy atom. The van der Waals surface area contributed by atoms with Gasteiger partial charge in [0.2, 0.25) is 0 Å². The SMILES string of the molecule is Fc1ccc(C2Cc3nccnc3N2)cc1. The monoisotopic (exact) mass is 215 g/mol. The molecule has 0 radical (unpaired) electrons. The average Bonchev–Trinajstić information content (AvgIpc) is 2.73. The molecule has 2 aromatic rings. The molecule has 1 aliphatic rings. The van der Waals surface area contributed by atoms with E-state index in [4.69, 9.17) is 0 Å². The number of fused-ring (bicyclic) bond motifs is 1. The van der Waals surface area contributed by atoms with E-state index in [1.807, 2.05) is 0 Å². The van der Waals surface area contributed by atoms with Gasteiger partial charge in [0, 0.05) is 18.8 Å². The van der Waals surface area contributed by atoms with Crippen LogP contribution in [0.2, 0.25) is 0 Å². The summed E-state index contributed by atoms with van der Waals surface area (Å²) in [7, 11) is 0. The van der Waals surface area contributed by atoms with Gasteiger partial charge in [-0.3, -0.25) is 4.98 Å². The van der Waals surface area contributed by atoms with Crippen LogP contribution < -0.4 is 5.32 Å². The Morgan fingerprint density at radius 3 is 2.62 bits per heavy atom. The highest BCUT2D eigenvalue weighted by Gasteiger charge is 2.23. The summed E-state index contributed by atoms with van der Waals surface area (Å²) in [6.45, 7) is 0. The highest BCUT2D eigenvalue weighted by atomic mass is 19.1. The van der Waals surface area contributed by atoms with Crippen molar-refractivity contribution < 1.29 is 4.39 Å². The van der Waals surface area contributed by atoms with Crippen LogP contribution in [0.15, 0.2) is 36.7 Å². The highest BCUT2D eigenvalue weighted by Crippen LogP contribution is 2.30. The summed E-state index contributed by atoms with van der Waals surface area (Å²) in [5.41, 5.74) is 2.03. The van der Waals surface area contributed by atoms with Gasteiger partial charge < -0.3 is 5.32 Å². The molecule has 2 heterocycles. The Kier molecular flexibility index (Phi) is 2.06. The van der Waals surface area contributed by atoms with Crippen LogP contribution in [0.4, 0.5) is 10.2 Å². The molecule has 1 N–H and O–H groups in total. The first-order valence-electron chi connectivity index (χ1n) is 5.15. The number of anilines is 1. The first kappa shape index (κ1) is 9.27. The first-order valence-corrected chi connectivity index (χ1v) is 5.15. The number of hydrogen-bond acceptors (Lipinski definition) is 3. The second-order valence-corrected chi connectivity index (χ2v) is 3.80. The van der Waals surface area contributed by atoms with Crippen LogP contribution in [0.5, 0.6) is 0 Å². The van der Waals surface area contributed by atoms with Crippen LogP contribution in [0, 0.1) is 5.82 Å². The third-order valence-corrected chi connectivity index (χ3v) is 2.75. The van der Waals surface area contributed by atoms with Gasteiger partial charge in [0.1, 0.15) is 11.6 Å². The van der Waals surface area contributed by atoms with E-state index in [1.165, 1.54) is 12.1 Å². The number of hydrogen-bond donors (Lipinski definition) is 1. The van der Waals surface area contributed by atoms with Gasteiger partial charge in [-0.15, -0.1) is 0 Å². The third-order valence-electron chi connectivity index (χ3n) is 2.75. The van der Waals surface area contributed by atoms with Crippen molar-refractivity contribution in [3.05, 3.63) is 53.7 Å². The molecule has 1 unspecified atom stereocenters. The molecule has 0 amide bonds.